The molecule has 0 spiro atoms. The molecular weight excluding hydrogens is 278 g/mol. The molecule has 0 bridgehead atoms. The molecule has 0 saturated heterocycles. The maximum Gasteiger partial charge on any atom is 0.212 e. The van der Waals surface area contributed by atoms with E-state index in [0.717, 1.165) is 0 Å². The van der Waals surface area contributed by atoms with Crippen LogP contribution in [0.3, 0.4) is 0 Å². The molecule has 1 aromatic heterocycles. The quantitative estimate of drug-likeness (QED) is 0.639. The number of hydrogen-bond acceptors (Lipinski definition) is 0. The fraction of sp³-hybridized carbons (Fsp3) is 0.500. The normalized spacial score (nSPS) is 12.0. The van der Waals surface area contributed by atoms with Crippen LogP contribution in [0.15, 0.2) is 36.5 Å². The standard InChI is InChI=1S/C22H32N/c1-8-17(9-2)18-11-13-21(23(7)15-18)20-14-19(22(4,5)6)12-10-16(20)3/h10-15,17H,8-9H2,1-7H3/q+1. The third kappa shape index (κ3) is 3.83. The van der Waals surface area contributed by atoms with Crippen molar-refractivity contribution in [3.8, 4) is 11.3 Å². The van der Waals surface area contributed by atoms with Gasteiger partial charge in [0.15, 0.2) is 6.20 Å². The van der Waals surface area contributed by atoms with Crippen molar-refractivity contribution < 1.29 is 4.57 Å². The van der Waals surface area contributed by atoms with Gasteiger partial charge in [-0.25, -0.2) is 4.57 Å². The zero-order chi connectivity index (χ0) is 17.2. The van der Waals surface area contributed by atoms with Gasteiger partial charge >= 0.3 is 0 Å². The Balaban J connectivity index is 2.50. The molecular formula is C22H32N+. The Hall–Kier alpha value is -1.63. The third-order valence-electron chi connectivity index (χ3n) is 4.99. The average molecular weight is 311 g/mol. The lowest BCUT2D eigenvalue weighted by Gasteiger charge is -2.20. The third-order valence-corrected chi connectivity index (χ3v) is 4.99. The fourth-order valence-electron chi connectivity index (χ4n) is 3.27. The zero-order valence-corrected chi connectivity index (χ0v) is 15.9. The summed E-state index contributed by atoms with van der Waals surface area (Å²) in [5.41, 5.74) is 6.99. The molecule has 0 atom stereocenters. The summed E-state index contributed by atoms with van der Waals surface area (Å²) in [5, 5.41) is 0. The minimum absolute atomic E-state index is 0.177. The molecule has 0 N–H and O–H groups in total. The summed E-state index contributed by atoms with van der Waals surface area (Å²) in [4.78, 5) is 0. The van der Waals surface area contributed by atoms with Crippen LogP contribution in [0.25, 0.3) is 11.3 Å². The second-order valence-corrected chi connectivity index (χ2v) is 7.75. The van der Waals surface area contributed by atoms with Gasteiger partial charge < -0.3 is 0 Å². The summed E-state index contributed by atoms with van der Waals surface area (Å²) in [6, 6.07) is 11.5. The summed E-state index contributed by atoms with van der Waals surface area (Å²) in [6.45, 7) is 13.6. The van der Waals surface area contributed by atoms with Crippen molar-refractivity contribution in [2.24, 2.45) is 7.05 Å². The maximum absolute atomic E-state index is 2.36. The molecule has 2 rings (SSSR count). The molecule has 0 saturated carbocycles. The van der Waals surface area contributed by atoms with Crippen molar-refractivity contribution in [1.82, 2.24) is 0 Å². The van der Waals surface area contributed by atoms with Crippen LogP contribution in [0.4, 0.5) is 0 Å². The van der Waals surface area contributed by atoms with E-state index in [1.165, 1.54) is 40.8 Å². The fourth-order valence-corrected chi connectivity index (χ4v) is 3.27. The molecule has 0 unspecified atom stereocenters. The van der Waals surface area contributed by atoms with E-state index >= 15 is 0 Å². The Morgan fingerprint density at radius 3 is 2.17 bits per heavy atom. The monoisotopic (exact) mass is 310 g/mol. The first-order chi connectivity index (χ1) is 10.8. The predicted octanol–water partition coefficient (Wildman–Crippen LogP) is 5.69. The number of hydrogen-bond donors (Lipinski definition) is 0. The van der Waals surface area contributed by atoms with Gasteiger partial charge in [-0.3, -0.25) is 0 Å². The first-order valence-electron chi connectivity index (χ1n) is 8.89. The Bertz CT molecular complexity index is 673. The molecule has 1 nitrogen and oxygen atoms in total. The van der Waals surface area contributed by atoms with Crippen LogP contribution < -0.4 is 4.57 Å². The minimum atomic E-state index is 0.177. The Morgan fingerprint density at radius 2 is 1.65 bits per heavy atom. The summed E-state index contributed by atoms with van der Waals surface area (Å²) >= 11 is 0. The van der Waals surface area contributed by atoms with E-state index < -0.39 is 0 Å². The lowest BCUT2D eigenvalue weighted by molar-refractivity contribution is -0.660. The van der Waals surface area contributed by atoms with Gasteiger partial charge in [0.1, 0.15) is 7.05 Å². The van der Waals surface area contributed by atoms with E-state index in [4.69, 9.17) is 0 Å². The number of pyridine rings is 1. The van der Waals surface area contributed by atoms with Crippen LogP contribution >= 0.6 is 0 Å². The van der Waals surface area contributed by atoms with Crippen LogP contribution in [0, 0.1) is 6.92 Å². The van der Waals surface area contributed by atoms with E-state index in [2.05, 4.69) is 89.7 Å². The van der Waals surface area contributed by atoms with E-state index in [-0.39, 0.29) is 5.41 Å². The molecule has 0 aliphatic rings. The summed E-state index contributed by atoms with van der Waals surface area (Å²) in [7, 11) is 2.17. The molecule has 1 heterocycles. The molecule has 2 aromatic rings. The van der Waals surface area contributed by atoms with Gasteiger partial charge in [0.25, 0.3) is 0 Å². The molecule has 1 heteroatoms. The number of nitrogens with zero attached hydrogens (tertiary/aromatic N) is 1. The van der Waals surface area contributed by atoms with Gasteiger partial charge in [-0.1, -0.05) is 46.8 Å². The Labute approximate surface area is 142 Å². The van der Waals surface area contributed by atoms with E-state index in [0.29, 0.717) is 5.92 Å². The van der Waals surface area contributed by atoms with Crippen molar-refractivity contribution in [3.63, 3.8) is 0 Å². The van der Waals surface area contributed by atoms with Gasteiger partial charge in [0, 0.05) is 17.2 Å². The van der Waals surface area contributed by atoms with Crippen LogP contribution in [0.1, 0.15) is 70.1 Å². The van der Waals surface area contributed by atoms with Crippen LogP contribution in [-0.2, 0) is 12.5 Å². The highest BCUT2D eigenvalue weighted by Gasteiger charge is 2.20. The maximum atomic E-state index is 2.36. The second kappa shape index (κ2) is 6.86. The lowest BCUT2D eigenvalue weighted by atomic mass is 9.84. The van der Waals surface area contributed by atoms with Crippen molar-refractivity contribution in [2.45, 2.75) is 65.7 Å². The van der Waals surface area contributed by atoms with Gasteiger partial charge in [0.05, 0.1) is 0 Å². The molecule has 0 aliphatic heterocycles. The Morgan fingerprint density at radius 1 is 1.00 bits per heavy atom. The number of aromatic nitrogens is 1. The first kappa shape index (κ1) is 17.7. The smallest absolute Gasteiger partial charge is 0.201 e. The summed E-state index contributed by atoms with van der Waals surface area (Å²) in [6.07, 6.45) is 4.72. The molecule has 124 valence electrons. The zero-order valence-electron chi connectivity index (χ0n) is 15.9. The van der Waals surface area contributed by atoms with Crippen LogP contribution in [-0.4, -0.2) is 0 Å². The number of benzene rings is 1. The van der Waals surface area contributed by atoms with Crippen LogP contribution in [0.5, 0.6) is 0 Å². The summed E-state index contributed by atoms with van der Waals surface area (Å²) in [5.74, 6) is 0.664. The molecule has 0 amide bonds. The highest BCUT2D eigenvalue weighted by Crippen LogP contribution is 2.30. The van der Waals surface area contributed by atoms with E-state index in [9.17, 15) is 0 Å². The Kier molecular flexibility index (Phi) is 5.29. The summed E-state index contributed by atoms with van der Waals surface area (Å²) < 4.78 is 2.29. The predicted molar refractivity (Wildman–Crippen MR) is 99.8 cm³/mol. The highest BCUT2D eigenvalue weighted by atomic mass is 14.9. The molecule has 0 fully saturated rings. The van der Waals surface area contributed by atoms with E-state index in [1.54, 1.807) is 0 Å². The van der Waals surface area contributed by atoms with E-state index in [1.807, 2.05) is 0 Å². The van der Waals surface area contributed by atoms with Gasteiger partial charge in [-0.15, -0.1) is 0 Å². The van der Waals surface area contributed by atoms with Gasteiger partial charge in [-0.05, 0) is 54.4 Å². The minimum Gasteiger partial charge on any atom is -0.201 e. The molecule has 0 aliphatic carbocycles. The van der Waals surface area contributed by atoms with Crippen molar-refractivity contribution >= 4 is 0 Å². The second-order valence-electron chi connectivity index (χ2n) is 7.75. The molecule has 23 heavy (non-hydrogen) atoms. The van der Waals surface area contributed by atoms with Crippen molar-refractivity contribution in [3.05, 3.63) is 53.2 Å². The van der Waals surface area contributed by atoms with Crippen molar-refractivity contribution in [1.29, 1.82) is 0 Å². The number of rotatable bonds is 4. The highest BCUT2D eigenvalue weighted by molar-refractivity contribution is 5.62. The van der Waals surface area contributed by atoms with Crippen LogP contribution in [0.2, 0.25) is 0 Å². The molecule has 0 radical (unpaired) electrons. The van der Waals surface area contributed by atoms with Gasteiger partial charge in [-0.2, -0.15) is 0 Å². The number of aryl methyl sites for hydroxylation is 2. The topological polar surface area (TPSA) is 3.88 Å². The average Bonchev–Trinajstić information content (AvgIpc) is 2.48. The van der Waals surface area contributed by atoms with Crippen molar-refractivity contribution in [2.75, 3.05) is 0 Å². The SMILES string of the molecule is CCC(CC)c1ccc(-c2cc(C(C)(C)C)ccc2C)[n+](C)c1. The largest absolute Gasteiger partial charge is 0.212 e. The lowest BCUT2D eigenvalue weighted by Crippen LogP contribution is -2.32. The first-order valence-corrected chi connectivity index (χ1v) is 8.89. The van der Waals surface area contributed by atoms with Gasteiger partial charge in [0.2, 0.25) is 5.69 Å². The molecule has 1 aromatic carbocycles.